The minimum absolute atomic E-state index is 0.252. The number of likely N-dealkylation sites (N-methyl/N-ethyl adjacent to an activating group) is 1. The lowest BCUT2D eigenvalue weighted by Crippen LogP contribution is -2.53. The van der Waals surface area contributed by atoms with Crippen molar-refractivity contribution in [3.8, 4) is 0 Å². The molecule has 1 heterocycles. The summed E-state index contributed by atoms with van der Waals surface area (Å²) >= 11 is 0. The van der Waals surface area contributed by atoms with Crippen molar-refractivity contribution in [2.24, 2.45) is 0 Å². The Bertz CT molecular complexity index is 612. The van der Waals surface area contributed by atoms with Crippen LogP contribution in [-0.4, -0.2) is 59.5 Å². The Kier molecular flexibility index (Phi) is 6.78. The van der Waals surface area contributed by atoms with Crippen LogP contribution in [0.25, 0.3) is 0 Å². The third-order valence-electron chi connectivity index (χ3n) is 4.75. The molecule has 0 bridgehead atoms. The minimum Gasteiger partial charge on any atom is -0.333 e. The number of nitrogens with zero attached hydrogens (tertiary/aromatic N) is 2. The van der Waals surface area contributed by atoms with Crippen molar-refractivity contribution in [1.82, 2.24) is 20.4 Å². The molecule has 1 saturated heterocycles. The minimum atomic E-state index is -0.439. The fraction of sp³-hybridized carbons (Fsp3) is 0.600. The van der Waals surface area contributed by atoms with Crippen LogP contribution >= 0.6 is 0 Å². The smallest absolute Gasteiger partial charge is 0.321 e. The van der Waals surface area contributed by atoms with Crippen LogP contribution < -0.4 is 10.6 Å². The maximum absolute atomic E-state index is 12.4. The number of hydrogen-bond acceptors (Lipinski definition) is 4. The highest BCUT2D eigenvalue weighted by Crippen LogP contribution is 2.19. The highest BCUT2D eigenvalue weighted by molar-refractivity contribution is 5.97. The van der Waals surface area contributed by atoms with E-state index in [4.69, 9.17) is 0 Å². The van der Waals surface area contributed by atoms with E-state index >= 15 is 0 Å². The molecule has 1 aromatic carbocycles. The van der Waals surface area contributed by atoms with Crippen LogP contribution in [0.2, 0.25) is 0 Å². The summed E-state index contributed by atoms with van der Waals surface area (Å²) in [6.07, 6.45) is 1.02. The van der Waals surface area contributed by atoms with Gasteiger partial charge in [0.05, 0.1) is 6.04 Å². The van der Waals surface area contributed by atoms with Crippen LogP contribution in [0.4, 0.5) is 4.79 Å². The first kappa shape index (κ1) is 20.4. The van der Waals surface area contributed by atoms with Crippen molar-refractivity contribution >= 4 is 11.9 Å². The molecule has 26 heavy (non-hydrogen) atoms. The van der Waals surface area contributed by atoms with Crippen molar-refractivity contribution < 1.29 is 9.59 Å². The number of nitrogens with one attached hydrogen (secondary N) is 2. The Morgan fingerprint density at radius 2 is 1.92 bits per heavy atom. The Morgan fingerprint density at radius 1 is 1.27 bits per heavy atom. The molecular weight excluding hydrogens is 328 g/mol. The first-order valence-electron chi connectivity index (χ1n) is 9.27. The average molecular weight is 361 g/mol. The predicted octanol–water partition coefficient (Wildman–Crippen LogP) is 2.21. The lowest BCUT2D eigenvalue weighted by Gasteiger charge is -2.27. The Balaban J connectivity index is 1.83. The van der Waals surface area contributed by atoms with Crippen molar-refractivity contribution in [3.63, 3.8) is 0 Å². The summed E-state index contributed by atoms with van der Waals surface area (Å²) in [5, 5.41) is 5.20. The van der Waals surface area contributed by atoms with Gasteiger partial charge < -0.3 is 5.32 Å². The highest BCUT2D eigenvalue weighted by atomic mass is 16.2. The second kappa shape index (κ2) is 8.64. The molecule has 3 amide bonds. The van der Waals surface area contributed by atoms with Gasteiger partial charge in [0.2, 0.25) is 5.91 Å². The molecule has 6 nitrogen and oxygen atoms in total. The van der Waals surface area contributed by atoms with Gasteiger partial charge >= 0.3 is 6.03 Å². The normalized spacial score (nSPS) is 19.4. The van der Waals surface area contributed by atoms with E-state index in [9.17, 15) is 9.59 Å². The van der Waals surface area contributed by atoms with Crippen LogP contribution in [-0.2, 0) is 11.3 Å². The first-order chi connectivity index (χ1) is 12.2. The Labute approximate surface area is 156 Å². The fourth-order valence-corrected chi connectivity index (χ4v) is 3.23. The SMILES string of the molecule is C[C@@H](C(=O)NC(=O)NC(C)(C)C)N1CC[C@@H](N(C)Cc2ccccc2)C1. The second-order valence-electron chi connectivity index (χ2n) is 8.21. The maximum Gasteiger partial charge on any atom is 0.321 e. The zero-order valence-corrected chi connectivity index (χ0v) is 16.6. The van der Waals surface area contributed by atoms with Gasteiger partial charge in [-0.2, -0.15) is 0 Å². The molecule has 0 unspecified atom stereocenters. The third-order valence-corrected chi connectivity index (χ3v) is 4.75. The quantitative estimate of drug-likeness (QED) is 0.845. The molecule has 144 valence electrons. The summed E-state index contributed by atoms with van der Waals surface area (Å²) < 4.78 is 0. The van der Waals surface area contributed by atoms with E-state index in [1.165, 1.54) is 5.56 Å². The van der Waals surface area contributed by atoms with Gasteiger partial charge in [-0.05, 0) is 46.7 Å². The van der Waals surface area contributed by atoms with Gasteiger partial charge in [0.25, 0.3) is 0 Å². The summed E-state index contributed by atoms with van der Waals surface area (Å²) in [6, 6.07) is 10.0. The van der Waals surface area contributed by atoms with Gasteiger partial charge in [0.15, 0.2) is 0 Å². The molecule has 1 aliphatic heterocycles. The number of amides is 3. The van der Waals surface area contributed by atoms with Gasteiger partial charge in [-0.1, -0.05) is 30.3 Å². The van der Waals surface area contributed by atoms with Crippen molar-refractivity contribution in [2.75, 3.05) is 20.1 Å². The zero-order chi connectivity index (χ0) is 19.3. The van der Waals surface area contributed by atoms with E-state index in [-0.39, 0.29) is 17.5 Å². The van der Waals surface area contributed by atoms with E-state index in [1.807, 2.05) is 33.8 Å². The summed E-state index contributed by atoms with van der Waals surface area (Å²) in [5.74, 6) is -0.252. The van der Waals surface area contributed by atoms with Gasteiger partial charge in [-0.25, -0.2) is 4.79 Å². The van der Waals surface area contributed by atoms with Crippen molar-refractivity contribution in [3.05, 3.63) is 35.9 Å². The standard InChI is InChI=1S/C20H32N4O2/c1-15(18(25)21-19(26)22-20(2,3)4)24-12-11-17(14-24)23(5)13-16-9-7-6-8-10-16/h6-10,15,17H,11-14H2,1-5H3,(H2,21,22,25,26)/t15-,17+/m0/s1. The number of hydrogen-bond donors (Lipinski definition) is 2. The van der Waals surface area contributed by atoms with Crippen LogP contribution in [0.5, 0.6) is 0 Å². The molecule has 0 aliphatic carbocycles. The topological polar surface area (TPSA) is 64.7 Å². The van der Waals surface area contributed by atoms with Crippen LogP contribution in [0, 0.1) is 0 Å². The number of carbonyl (C=O) groups excluding carboxylic acids is 2. The molecule has 2 N–H and O–H groups in total. The predicted molar refractivity (Wildman–Crippen MR) is 104 cm³/mol. The highest BCUT2D eigenvalue weighted by Gasteiger charge is 2.32. The molecule has 2 rings (SSSR count). The second-order valence-corrected chi connectivity index (χ2v) is 8.21. The van der Waals surface area contributed by atoms with E-state index in [0.29, 0.717) is 6.04 Å². The molecule has 0 saturated carbocycles. The van der Waals surface area contributed by atoms with Gasteiger partial charge in [0.1, 0.15) is 0 Å². The molecule has 0 spiro atoms. The monoisotopic (exact) mass is 360 g/mol. The number of likely N-dealkylation sites (tertiary alicyclic amines) is 1. The Morgan fingerprint density at radius 3 is 2.54 bits per heavy atom. The number of rotatable bonds is 5. The van der Waals surface area contributed by atoms with Gasteiger partial charge in [-0.15, -0.1) is 0 Å². The number of carbonyl (C=O) groups is 2. The fourth-order valence-electron chi connectivity index (χ4n) is 3.23. The molecule has 1 aromatic rings. The molecule has 0 radical (unpaired) electrons. The molecule has 1 aliphatic rings. The van der Waals surface area contributed by atoms with E-state index in [2.05, 4.69) is 51.7 Å². The van der Waals surface area contributed by atoms with Gasteiger partial charge in [0, 0.05) is 31.2 Å². The summed E-state index contributed by atoms with van der Waals surface area (Å²) in [4.78, 5) is 28.7. The Hall–Kier alpha value is -1.92. The van der Waals surface area contributed by atoms with E-state index < -0.39 is 6.03 Å². The first-order valence-corrected chi connectivity index (χ1v) is 9.27. The van der Waals surface area contributed by atoms with Crippen molar-refractivity contribution in [1.29, 1.82) is 0 Å². The number of imide groups is 1. The molecule has 2 atom stereocenters. The number of benzene rings is 1. The summed E-state index contributed by atoms with van der Waals surface area (Å²) in [5.41, 5.74) is 0.921. The zero-order valence-electron chi connectivity index (χ0n) is 16.6. The number of urea groups is 1. The molecular formula is C20H32N4O2. The average Bonchev–Trinajstić information content (AvgIpc) is 3.03. The van der Waals surface area contributed by atoms with Gasteiger partial charge in [-0.3, -0.25) is 19.9 Å². The summed E-state index contributed by atoms with van der Waals surface area (Å²) in [6.45, 7) is 10.1. The largest absolute Gasteiger partial charge is 0.333 e. The maximum atomic E-state index is 12.4. The molecule has 6 heteroatoms. The third kappa shape index (κ3) is 6.11. The van der Waals surface area contributed by atoms with Crippen LogP contribution in [0.3, 0.4) is 0 Å². The van der Waals surface area contributed by atoms with Crippen molar-refractivity contribution in [2.45, 2.75) is 58.3 Å². The lowest BCUT2D eigenvalue weighted by atomic mass is 10.1. The molecule has 1 fully saturated rings. The van der Waals surface area contributed by atoms with E-state index in [0.717, 1.165) is 26.1 Å². The van der Waals surface area contributed by atoms with E-state index in [1.54, 1.807) is 0 Å². The van der Waals surface area contributed by atoms with Crippen LogP contribution in [0.15, 0.2) is 30.3 Å². The summed E-state index contributed by atoms with van der Waals surface area (Å²) in [7, 11) is 2.13. The molecule has 0 aromatic heterocycles. The lowest BCUT2D eigenvalue weighted by molar-refractivity contribution is -0.124. The van der Waals surface area contributed by atoms with Crippen LogP contribution in [0.1, 0.15) is 39.7 Å².